The molecule has 2 aromatic rings. The number of amides is 1. The molecule has 2 heterocycles. The summed E-state index contributed by atoms with van der Waals surface area (Å²) in [6.07, 6.45) is 0. The van der Waals surface area contributed by atoms with Crippen molar-refractivity contribution < 1.29 is 4.79 Å². The predicted octanol–water partition coefficient (Wildman–Crippen LogP) is 0.787. The van der Waals surface area contributed by atoms with Crippen molar-refractivity contribution >= 4 is 5.91 Å². The van der Waals surface area contributed by atoms with E-state index in [0.29, 0.717) is 11.5 Å². The number of aromatic nitrogens is 6. The molecule has 0 saturated carbocycles. The van der Waals surface area contributed by atoms with Crippen molar-refractivity contribution in [1.29, 1.82) is 0 Å². The van der Waals surface area contributed by atoms with Gasteiger partial charge >= 0.3 is 0 Å². The molecule has 8 heteroatoms. The van der Waals surface area contributed by atoms with Crippen molar-refractivity contribution in [2.45, 2.75) is 39.8 Å². The molecule has 108 valence electrons. The first-order valence-electron chi connectivity index (χ1n) is 6.49. The van der Waals surface area contributed by atoms with E-state index in [2.05, 4.69) is 25.9 Å². The quantitative estimate of drug-likeness (QED) is 0.892. The lowest BCUT2D eigenvalue weighted by molar-refractivity contribution is 0.0931. The van der Waals surface area contributed by atoms with Crippen LogP contribution in [0.4, 0.5) is 0 Å². The third-order valence-corrected chi connectivity index (χ3v) is 3.03. The molecule has 0 aliphatic rings. The molecule has 0 aromatic carbocycles. The van der Waals surface area contributed by atoms with Crippen molar-refractivity contribution in [2.24, 2.45) is 7.05 Å². The van der Waals surface area contributed by atoms with Gasteiger partial charge in [-0.1, -0.05) is 0 Å². The summed E-state index contributed by atoms with van der Waals surface area (Å²) in [6, 6.07) is 1.71. The van der Waals surface area contributed by atoms with Crippen LogP contribution in [0.5, 0.6) is 0 Å². The fraction of sp³-hybridized carbons (Fsp3) is 0.583. The average Bonchev–Trinajstić information content (AvgIpc) is 2.95. The number of nitrogens with one attached hydrogen (secondary N) is 1. The van der Waals surface area contributed by atoms with E-state index in [0.717, 1.165) is 5.69 Å². The van der Waals surface area contributed by atoms with E-state index in [1.165, 1.54) is 4.68 Å². The maximum atomic E-state index is 12.2. The van der Waals surface area contributed by atoms with Crippen LogP contribution in [0.25, 0.3) is 0 Å². The van der Waals surface area contributed by atoms with Crippen molar-refractivity contribution in [3.63, 3.8) is 0 Å². The Morgan fingerprint density at radius 2 is 2.05 bits per heavy atom. The predicted molar refractivity (Wildman–Crippen MR) is 72.0 cm³/mol. The normalized spacial score (nSPS) is 12.7. The maximum absolute atomic E-state index is 12.2. The lowest BCUT2D eigenvalue weighted by Crippen LogP contribution is -2.29. The van der Waals surface area contributed by atoms with Gasteiger partial charge in [-0.25, -0.2) is 4.68 Å². The van der Waals surface area contributed by atoms with E-state index in [-0.39, 0.29) is 18.0 Å². The summed E-state index contributed by atoms with van der Waals surface area (Å²) in [5.41, 5.74) is 1.36. The number of aryl methyl sites for hydroxylation is 2. The summed E-state index contributed by atoms with van der Waals surface area (Å²) in [7, 11) is 1.73. The Morgan fingerprint density at radius 1 is 1.35 bits per heavy atom. The third kappa shape index (κ3) is 2.68. The van der Waals surface area contributed by atoms with Gasteiger partial charge in [0.25, 0.3) is 5.91 Å². The van der Waals surface area contributed by atoms with Crippen molar-refractivity contribution in [2.75, 3.05) is 0 Å². The lowest BCUT2D eigenvalue weighted by atomic mass is 10.3. The second kappa shape index (κ2) is 5.40. The molecule has 0 radical (unpaired) electrons. The third-order valence-electron chi connectivity index (χ3n) is 3.03. The Bertz CT molecular complexity index is 613. The number of hydrogen-bond donors (Lipinski definition) is 1. The minimum atomic E-state index is -0.285. The van der Waals surface area contributed by atoms with Gasteiger partial charge < -0.3 is 5.32 Å². The largest absolute Gasteiger partial charge is 0.341 e. The topological polar surface area (TPSA) is 90.5 Å². The van der Waals surface area contributed by atoms with Gasteiger partial charge in [0.2, 0.25) is 0 Å². The molecule has 0 fully saturated rings. The van der Waals surface area contributed by atoms with Gasteiger partial charge in [0, 0.05) is 18.8 Å². The summed E-state index contributed by atoms with van der Waals surface area (Å²) >= 11 is 0. The van der Waals surface area contributed by atoms with Gasteiger partial charge in [-0.05, 0) is 44.2 Å². The van der Waals surface area contributed by atoms with E-state index in [1.807, 2.05) is 32.4 Å². The van der Waals surface area contributed by atoms with Crippen LogP contribution in [0.1, 0.15) is 54.9 Å². The number of rotatable bonds is 4. The molecule has 0 bridgehead atoms. The van der Waals surface area contributed by atoms with Gasteiger partial charge in [-0.3, -0.25) is 9.48 Å². The number of nitrogens with zero attached hydrogens (tertiary/aromatic N) is 6. The fourth-order valence-corrected chi connectivity index (χ4v) is 2.06. The van der Waals surface area contributed by atoms with E-state index < -0.39 is 0 Å². The van der Waals surface area contributed by atoms with Gasteiger partial charge in [-0.15, -0.1) is 5.10 Å². The summed E-state index contributed by atoms with van der Waals surface area (Å²) in [5.74, 6) is 0.362. The maximum Gasteiger partial charge on any atom is 0.272 e. The summed E-state index contributed by atoms with van der Waals surface area (Å²) in [4.78, 5) is 12.2. The number of carbonyl (C=O) groups is 1. The molecule has 2 aromatic heterocycles. The highest BCUT2D eigenvalue weighted by atomic mass is 16.2. The van der Waals surface area contributed by atoms with Crippen molar-refractivity contribution in [1.82, 2.24) is 35.3 Å². The highest BCUT2D eigenvalue weighted by Crippen LogP contribution is 2.12. The van der Waals surface area contributed by atoms with Gasteiger partial charge in [0.05, 0.1) is 6.04 Å². The second-order valence-electron chi connectivity index (χ2n) is 5.07. The molecule has 20 heavy (non-hydrogen) atoms. The Labute approximate surface area is 117 Å². The Morgan fingerprint density at radius 3 is 2.55 bits per heavy atom. The first-order valence-corrected chi connectivity index (χ1v) is 6.49. The molecule has 1 atom stereocenters. The number of tetrazole rings is 1. The monoisotopic (exact) mass is 277 g/mol. The highest BCUT2D eigenvalue weighted by Gasteiger charge is 2.19. The van der Waals surface area contributed by atoms with Crippen LogP contribution >= 0.6 is 0 Å². The van der Waals surface area contributed by atoms with Crippen LogP contribution in [0.3, 0.4) is 0 Å². The standard InChI is InChI=1S/C12H19N7O/c1-7(2)19-8(3)6-10(15-19)12(20)13-9(4)11-14-16-17-18(11)5/h6-7,9H,1-5H3,(H,13,20). The molecular weight excluding hydrogens is 258 g/mol. The molecule has 1 N–H and O–H groups in total. The highest BCUT2D eigenvalue weighted by molar-refractivity contribution is 5.92. The van der Waals surface area contributed by atoms with Crippen LogP contribution in [-0.2, 0) is 7.05 Å². The fourth-order valence-electron chi connectivity index (χ4n) is 2.06. The summed E-state index contributed by atoms with van der Waals surface area (Å²) < 4.78 is 3.35. The second-order valence-corrected chi connectivity index (χ2v) is 5.07. The molecule has 0 aliphatic carbocycles. The molecule has 0 aliphatic heterocycles. The van der Waals surface area contributed by atoms with E-state index in [9.17, 15) is 4.79 Å². The van der Waals surface area contributed by atoms with Crippen LogP contribution in [0.2, 0.25) is 0 Å². The molecule has 2 rings (SSSR count). The van der Waals surface area contributed by atoms with Crippen molar-refractivity contribution in [3.05, 3.63) is 23.3 Å². The van der Waals surface area contributed by atoms with Gasteiger partial charge in [-0.2, -0.15) is 5.10 Å². The smallest absolute Gasteiger partial charge is 0.272 e. The first-order chi connectivity index (χ1) is 9.40. The lowest BCUT2D eigenvalue weighted by Gasteiger charge is -2.11. The molecule has 1 amide bonds. The Hall–Kier alpha value is -2.25. The van der Waals surface area contributed by atoms with E-state index >= 15 is 0 Å². The van der Waals surface area contributed by atoms with Gasteiger partial charge in [0.1, 0.15) is 5.69 Å². The van der Waals surface area contributed by atoms with Crippen molar-refractivity contribution in [3.8, 4) is 0 Å². The van der Waals surface area contributed by atoms with Crippen LogP contribution in [0, 0.1) is 6.92 Å². The zero-order valence-electron chi connectivity index (χ0n) is 12.3. The van der Waals surface area contributed by atoms with E-state index in [1.54, 1.807) is 13.1 Å². The zero-order valence-corrected chi connectivity index (χ0v) is 12.3. The minimum absolute atomic E-state index is 0.219. The molecular formula is C12H19N7O. The SMILES string of the molecule is Cc1cc(C(=O)NC(C)c2nnnn2C)nn1C(C)C. The number of carbonyl (C=O) groups excluding carboxylic acids is 1. The molecule has 0 saturated heterocycles. The van der Waals surface area contributed by atoms with Crippen LogP contribution in [-0.4, -0.2) is 35.9 Å². The summed E-state index contributed by atoms with van der Waals surface area (Å²) in [6.45, 7) is 7.81. The molecule has 8 nitrogen and oxygen atoms in total. The van der Waals surface area contributed by atoms with Crippen LogP contribution in [0.15, 0.2) is 6.07 Å². The first kappa shape index (κ1) is 14.2. The Balaban J connectivity index is 2.12. The zero-order chi connectivity index (χ0) is 14.9. The Kier molecular flexibility index (Phi) is 3.82. The minimum Gasteiger partial charge on any atom is -0.341 e. The van der Waals surface area contributed by atoms with E-state index in [4.69, 9.17) is 0 Å². The molecule has 0 spiro atoms. The summed E-state index contributed by atoms with van der Waals surface area (Å²) in [5, 5.41) is 18.3. The molecule has 1 unspecified atom stereocenters. The average molecular weight is 277 g/mol. The van der Waals surface area contributed by atoms with Gasteiger partial charge in [0.15, 0.2) is 5.82 Å². The number of hydrogen-bond acceptors (Lipinski definition) is 5. The van der Waals surface area contributed by atoms with Crippen LogP contribution < -0.4 is 5.32 Å².